The van der Waals surface area contributed by atoms with Crippen LogP contribution in [-0.2, 0) is 0 Å². The molecule has 1 N–H and O–H groups in total. The number of hydrogen-bond donors (Lipinski definition) is 1. The van der Waals surface area contributed by atoms with Gasteiger partial charge in [-0.1, -0.05) is 38.5 Å². The molecule has 0 amide bonds. The molecular formula is C18H35N3. The summed E-state index contributed by atoms with van der Waals surface area (Å²) in [7, 11) is 0. The van der Waals surface area contributed by atoms with E-state index in [1.807, 2.05) is 0 Å². The highest BCUT2D eigenvalue weighted by Gasteiger charge is 2.27. The molecule has 1 atom stereocenters. The molecule has 2 saturated heterocycles. The number of likely N-dealkylation sites (tertiary alicyclic amines) is 1. The molecule has 1 unspecified atom stereocenters. The lowest BCUT2D eigenvalue weighted by atomic mass is 9.84. The van der Waals surface area contributed by atoms with Crippen molar-refractivity contribution in [3.8, 4) is 0 Å². The fraction of sp³-hybridized carbons (Fsp3) is 1.00. The smallest absolute Gasteiger partial charge is 0.0226 e. The lowest BCUT2D eigenvalue weighted by Gasteiger charge is -2.40. The molecule has 122 valence electrons. The van der Waals surface area contributed by atoms with Crippen LogP contribution in [-0.4, -0.2) is 61.7 Å². The standard InChI is InChI=1S/C18H35N3/c1-3-7-17(8-4-1)15-18(21-13-9-19-10-14-21)16-20-11-5-2-6-12-20/h17-19H,1-16H2. The van der Waals surface area contributed by atoms with Gasteiger partial charge in [0, 0.05) is 38.8 Å². The van der Waals surface area contributed by atoms with Crippen LogP contribution in [0.25, 0.3) is 0 Å². The van der Waals surface area contributed by atoms with E-state index in [0.717, 1.165) is 12.0 Å². The predicted molar refractivity (Wildman–Crippen MR) is 89.7 cm³/mol. The van der Waals surface area contributed by atoms with Crippen LogP contribution in [0.3, 0.4) is 0 Å². The first kappa shape index (κ1) is 15.8. The van der Waals surface area contributed by atoms with Crippen LogP contribution < -0.4 is 5.32 Å². The number of piperidine rings is 1. The minimum atomic E-state index is 0.827. The summed E-state index contributed by atoms with van der Waals surface area (Å²) in [5.41, 5.74) is 0. The third kappa shape index (κ3) is 4.94. The van der Waals surface area contributed by atoms with Crippen LogP contribution in [0.1, 0.15) is 57.8 Å². The highest BCUT2D eigenvalue weighted by Crippen LogP contribution is 2.29. The monoisotopic (exact) mass is 293 g/mol. The average Bonchev–Trinajstić information content (AvgIpc) is 2.57. The van der Waals surface area contributed by atoms with E-state index in [2.05, 4.69) is 15.1 Å². The second kappa shape index (κ2) is 8.50. The van der Waals surface area contributed by atoms with Gasteiger partial charge in [-0.3, -0.25) is 4.90 Å². The summed E-state index contributed by atoms with van der Waals surface area (Å²) < 4.78 is 0. The van der Waals surface area contributed by atoms with Crippen molar-refractivity contribution in [3.63, 3.8) is 0 Å². The van der Waals surface area contributed by atoms with Gasteiger partial charge in [0.15, 0.2) is 0 Å². The average molecular weight is 293 g/mol. The number of piperazine rings is 1. The van der Waals surface area contributed by atoms with E-state index in [-0.39, 0.29) is 0 Å². The van der Waals surface area contributed by atoms with Crippen LogP contribution in [0.2, 0.25) is 0 Å². The first-order valence-electron chi connectivity index (χ1n) is 9.59. The van der Waals surface area contributed by atoms with Crippen molar-refractivity contribution in [3.05, 3.63) is 0 Å². The van der Waals surface area contributed by atoms with Gasteiger partial charge in [-0.05, 0) is 38.3 Å². The Morgan fingerprint density at radius 2 is 1.48 bits per heavy atom. The SMILES string of the molecule is C1CCC(CC(CN2CCCCC2)N2CCNCC2)CC1. The second-order valence-electron chi connectivity index (χ2n) is 7.54. The van der Waals surface area contributed by atoms with Crippen molar-refractivity contribution in [1.29, 1.82) is 0 Å². The minimum Gasteiger partial charge on any atom is -0.314 e. The number of hydrogen-bond acceptors (Lipinski definition) is 3. The van der Waals surface area contributed by atoms with Gasteiger partial charge in [0.2, 0.25) is 0 Å². The van der Waals surface area contributed by atoms with Crippen molar-refractivity contribution in [2.45, 2.75) is 63.8 Å². The van der Waals surface area contributed by atoms with Crippen molar-refractivity contribution < 1.29 is 0 Å². The maximum Gasteiger partial charge on any atom is 0.0226 e. The van der Waals surface area contributed by atoms with Gasteiger partial charge < -0.3 is 10.2 Å². The second-order valence-corrected chi connectivity index (χ2v) is 7.54. The molecule has 0 aromatic rings. The van der Waals surface area contributed by atoms with E-state index in [9.17, 15) is 0 Å². The summed E-state index contributed by atoms with van der Waals surface area (Å²) in [6.45, 7) is 8.98. The Kier molecular flexibility index (Phi) is 6.38. The van der Waals surface area contributed by atoms with Gasteiger partial charge in [0.1, 0.15) is 0 Å². The van der Waals surface area contributed by atoms with E-state index in [0.29, 0.717) is 0 Å². The zero-order valence-electron chi connectivity index (χ0n) is 13.9. The van der Waals surface area contributed by atoms with Crippen LogP contribution in [0.5, 0.6) is 0 Å². The lowest BCUT2D eigenvalue weighted by Crippen LogP contribution is -2.53. The van der Waals surface area contributed by atoms with Crippen molar-refractivity contribution in [2.75, 3.05) is 45.8 Å². The molecular weight excluding hydrogens is 258 g/mol. The maximum atomic E-state index is 3.52. The molecule has 0 aromatic carbocycles. The molecule has 3 nitrogen and oxygen atoms in total. The third-order valence-corrected chi connectivity index (χ3v) is 5.92. The van der Waals surface area contributed by atoms with Gasteiger partial charge in [-0.25, -0.2) is 0 Å². The third-order valence-electron chi connectivity index (χ3n) is 5.92. The Morgan fingerprint density at radius 1 is 0.810 bits per heavy atom. The molecule has 0 spiro atoms. The number of nitrogens with zero attached hydrogens (tertiary/aromatic N) is 2. The van der Waals surface area contributed by atoms with Crippen molar-refractivity contribution in [2.24, 2.45) is 5.92 Å². The largest absolute Gasteiger partial charge is 0.314 e. The molecule has 0 aromatic heterocycles. The zero-order valence-corrected chi connectivity index (χ0v) is 13.9. The highest BCUT2D eigenvalue weighted by molar-refractivity contribution is 4.83. The number of rotatable bonds is 5. The maximum absolute atomic E-state index is 3.52. The normalized spacial score (nSPS) is 28.6. The van der Waals surface area contributed by atoms with Crippen molar-refractivity contribution >= 4 is 0 Å². The summed E-state index contributed by atoms with van der Waals surface area (Å²) in [5, 5.41) is 3.52. The Bertz CT molecular complexity index is 256. The van der Waals surface area contributed by atoms with Gasteiger partial charge >= 0.3 is 0 Å². The van der Waals surface area contributed by atoms with Crippen LogP contribution in [0.15, 0.2) is 0 Å². The number of nitrogens with one attached hydrogen (secondary N) is 1. The summed E-state index contributed by atoms with van der Waals surface area (Å²) in [6, 6.07) is 0.827. The molecule has 3 fully saturated rings. The van der Waals surface area contributed by atoms with E-state index < -0.39 is 0 Å². The zero-order chi connectivity index (χ0) is 14.3. The Labute approximate surface area is 131 Å². The molecule has 2 heterocycles. The van der Waals surface area contributed by atoms with Gasteiger partial charge in [0.25, 0.3) is 0 Å². The van der Waals surface area contributed by atoms with Crippen molar-refractivity contribution in [1.82, 2.24) is 15.1 Å². The summed E-state index contributed by atoms with van der Waals surface area (Å²) >= 11 is 0. The minimum absolute atomic E-state index is 0.827. The molecule has 1 aliphatic carbocycles. The molecule has 3 rings (SSSR count). The van der Waals surface area contributed by atoms with Crippen LogP contribution in [0, 0.1) is 5.92 Å². The summed E-state index contributed by atoms with van der Waals surface area (Å²) in [5.74, 6) is 1.02. The van der Waals surface area contributed by atoms with E-state index >= 15 is 0 Å². The van der Waals surface area contributed by atoms with Gasteiger partial charge in [0.05, 0.1) is 0 Å². The van der Waals surface area contributed by atoms with E-state index in [1.165, 1.54) is 104 Å². The first-order chi connectivity index (χ1) is 10.4. The molecule has 3 aliphatic rings. The molecule has 0 bridgehead atoms. The van der Waals surface area contributed by atoms with E-state index in [4.69, 9.17) is 0 Å². The molecule has 1 saturated carbocycles. The highest BCUT2D eigenvalue weighted by atomic mass is 15.2. The van der Waals surface area contributed by atoms with E-state index in [1.54, 1.807) is 0 Å². The summed E-state index contributed by atoms with van der Waals surface area (Å²) in [6.07, 6.45) is 13.3. The Balaban J connectivity index is 1.55. The first-order valence-corrected chi connectivity index (χ1v) is 9.59. The fourth-order valence-electron chi connectivity index (χ4n) is 4.63. The molecule has 21 heavy (non-hydrogen) atoms. The fourth-order valence-corrected chi connectivity index (χ4v) is 4.63. The Morgan fingerprint density at radius 3 is 2.19 bits per heavy atom. The molecule has 2 aliphatic heterocycles. The Hall–Kier alpha value is -0.120. The molecule has 3 heteroatoms. The topological polar surface area (TPSA) is 18.5 Å². The predicted octanol–water partition coefficient (Wildman–Crippen LogP) is 2.72. The molecule has 0 radical (unpaired) electrons. The van der Waals surface area contributed by atoms with Crippen LogP contribution in [0.4, 0.5) is 0 Å². The lowest BCUT2D eigenvalue weighted by molar-refractivity contribution is 0.0916. The van der Waals surface area contributed by atoms with Crippen LogP contribution >= 0.6 is 0 Å². The van der Waals surface area contributed by atoms with Gasteiger partial charge in [-0.15, -0.1) is 0 Å². The summed E-state index contributed by atoms with van der Waals surface area (Å²) in [4.78, 5) is 5.57. The quantitative estimate of drug-likeness (QED) is 0.841. The van der Waals surface area contributed by atoms with Gasteiger partial charge in [-0.2, -0.15) is 0 Å².